The zero-order chi connectivity index (χ0) is 13.8. The molecule has 2 rings (SSSR count). The monoisotopic (exact) mass is 371 g/mol. The van der Waals surface area contributed by atoms with Crippen LogP contribution >= 0.6 is 22.6 Å². The Balaban J connectivity index is 2.31. The van der Waals surface area contributed by atoms with Crippen LogP contribution in [0, 0.1) is 3.57 Å². The standard InChI is InChI=1S/C11H10IN5O2/c12-8-4-14-6-17(11(8)19)5-7-2-1-3-9(15-7)10(18)16-13/h1-4,6H,5,13H2,(H,16,18). The number of pyridine rings is 1. The minimum atomic E-state index is -0.477. The molecule has 98 valence electrons. The van der Waals surface area contributed by atoms with Gasteiger partial charge in [-0.3, -0.25) is 19.6 Å². The average molecular weight is 371 g/mol. The van der Waals surface area contributed by atoms with Gasteiger partial charge in [0.15, 0.2) is 0 Å². The van der Waals surface area contributed by atoms with Crippen LogP contribution < -0.4 is 16.8 Å². The molecule has 0 fully saturated rings. The van der Waals surface area contributed by atoms with Gasteiger partial charge in [-0.05, 0) is 34.7 Å². The van der Waals surface area contributed by atoms with E-state index < -0.39 is 5.91 Å². The van der Waals surface area contributed by atoms with Crippen LogP contribution in [-0.4, -0.2) is 20.4 Å². The third kappa shape index (κ3) is 3.15. The van der Waals surface area contributed by atoms with Crippen LogP contribution in [0.5, 0.6) is 0 Å². The van der Waals surface area contributed by atoms with Crippen molar-refractivity contribution in [2.75, 3.05) is 0 Å². The fourth-order valence-electron chi connectivity index (χ4n) is 1.48. The Bertz CT molecular complexity index is 670. The van der Waals surface area contributed by atoms with E-state index in [1.54, 1.807) is 18.2 Å². The lowest BCUT2D eigenvalue weighted by Crippen LogP contribution is -2.31. The van der Waals surface area contributed by atoms with Crippen LogP contribution in [0.2, 0.25) is 0 Å². The summed E-state index contributed by atoms with van der Waals surface area (Å²) in [7, 11) is 0. The number of hydrogen-bond acceptors (Lipinski definition) is 5. The Kier molecular flexibility index (Phi) is 4.22. The van der Waals surface area contributed by atoms with Crippen molar-refractivity contribution >= 4 is 28.5 Å². The topological polar surface area (TPSA) is 103 Å². The average Bonchev–Trinajstić information content (AvgIpc) is 2.43. The SMILES string of the molecule is NNC(=O)c1cccc(Cn2cncc(I)c2=O)n1. The Labute approximate surface area is 122 Å². The minimum absolute atomic E-state index is 0.147. The van der Waals surface area contributed by atoms with Crippen LogP contribution in [0.15, 0.2) is 35.5 Å². The third-order valence-electron chi connectivity index (χ3n) is 2.36. The zero-order valence-electron chi connectivity index (χ0n) is 9.71. The molecule has 0 bridgehead atoms. The number of carbonyl (C=O) groups is 1. The molecule has 0 aliphatic rings. The summed E-state index contributed by atoms with van der Waals surface area (Å²) in [5, 5.41) is 0. The second-order valence-corrected chi connectivity index (χ2v) is 4.82. The summed E-state index contributed by atoms with van der Waals surface area (Å²) in [6.07, 6.45) is 2.92. The van der Waals surface area contributed by atoms with Gasteiger partial charge in [-0.25, -0.2) is 15.8 Å². The lowest BCUT2D eigenvalue weighted by Gasteiger charge is -2.06. The first kappa shape index (κ1) is 13.6. The Morgan fingerprint density at radius 1 is 1.47 bits per heavy atom. The minimum Gasteiger partial charge on any atom is -0.292 e. The number of nitrogen functional groups attached to an aromatic ring is 1. The number of carbonyl (C=O) groups excluding carboxylic acids is 1. The van der Waals surface area contributed by atoms with Crippen LogP contribution in [0.1, 0.15) is 16.2 Å². The molecule has 0 saturated heterocycles. The maximum atomic E-state index is 11.8. The van der Waals surface area contributed by atoms with Gasteiger partial charge in [0.1, 0.15) is 5.69 Å². The van der Waals surface area contributed by atoms with Crippen LogP contribution in [0.3, 0.4) is 0 Å². The lowest BCUT2D eigenvalue weighted by atomic mass is 10.3. The van der Waals surface area contributed by atoms with Gasteiger partial charge in [-0.1, -0.05) is 6.07 Å². The number of nitrogens with zero attached hydrogens (tertiary/aromatic N) is 3. The molecule has 7 nitrogen and oxygen atoms in total. The van der Waals surface area contributed by atoms with Crippen molar-refractivity contribution in [3.63, 3.8) is 0 Å². The fraction of sp³-hybridized carbons (Fsp3) is 0.0909. The van der Waals surface area contributed by atoms with Crippen molar-refractivity contribution in [1.29, 1.82) is 0 Å². The van der Waals surface area contributed by atoms with Crippen LogP contribution in [-0.2, 0) is 6.54 Å². The highest BCUT2D eigenvalue weighted by atomic mass is 127. The number of aromatic nitrogens is 3. The zero-order valence-corrected chi connectivity index (χ0v) is 11.9. The summed E-state index contributed by atoms with van der Waals surface area (Å²) in [6, 6.07) is 4.94. The molecule has 0 aliphatic heterocycles. The van der Waals surface area contributed by atoms with Crippen LogP contribution in [0.25, 0.3) is 0 Å². The summed E-state index contributed by atoms with van der Waals surface area (Å²) in [5.41, 5.74) is 2.64. The summed E-state index contributed by atoms with van der Waals surface area (Å²) >= 11 is 1.92. The fourth-order valence-corrected chi connectivity index (χ4v) is 1.95. The molecule has 0 aliphatic carbocycles. The normalized spacial score (nSPS) is 10.2. The molecule has 0 spiro atoms. The van der Waals surface area contributed by atoms with Crippen molar-refractivity contribution in [3.05, 3.63) is 56.0 Å². The van der Waals surface area contributed by atoms with Gasteiger partial charge in [0.2, 0.25) is 0 Å². The van der Waals surface area contributed by atoms with Crippen molar-refractivity contribution < 1.29 is 4.79 Å². The summed E-state index contributed by atoms with van der Waals surface area (Å²) < 4.78 is 1.95. The summed E-state index contributed by atoms with van der Waals surface area (Å²) in [4.78, 5) is 31.3. The second kappa shape index (κ2) is 5.89. The highest BCUT2D eigenvalue weighted by Crippen LogP contribution is 2.02. The quantitative estimate of drug-likeness (QED) is 0.339. The first-order valence-corrected chi connectivity index (χ1v) is 6.36. The Hall–Kier alpha value is -1.81. The van der Waals surface area contributed by atoms with Gasteiger partial charge in [-0.2, -0.15) is 0 Å². The summed E-state index contributed by atoms with van der Waals surface area (Å²) in [6.45, 7) is 0.244. The number of rotatable bonds is 3. The van der Waals surface area contributed by atoms with E-state index in [0.29, 0.717) is 9.26 Å². The van der Waals surface area contributed by atoms with Gasteiger partial charge < -0.3 is 0 Å². The van der Waals surface area contributed by atoms with Crippen molar-refractivity contribution in [1.82, 2.24) is 20.0 Å². The van der Waals surface area contributed by atoms with Gasteiger partial charge in [0.05, 0.1) is 22.1 Å². The van der Waals surface area contributed by atoms with Crippen molar-refractivity contribution in [3.8, 4) is 0 Å². The first-order valence-electron chi connectivity index (χ1n) is 5.28. The molecule has 0 aromatic carbocycles. The highest BCUT2D eigenvalue weighted by molar-refractivity contribution is 14.1. The van der Waals surface area contributed by atoms with Crippen LogP contribution in [0.4, 0.5) is 0 Å². The number of nitrogens with one attached hydrogen (secondary N) is 1. The van der Waals surface area contributed by atoms with E-state index in [0.717, 1.165) is 0 Å². The number of hydrazine groups is 1. The number of amides is 1. The predicted octanol–water partition coefficient (Wildman–Crippen LogP) is -0.105. The van der Waals surface area contributed by atoms with E-state index in [9.17, 15) is 9.59 Å². The maximum absolute atomic E-state index is 11.8. The van der Waals surface area contributed by atoms with Gasteiger partial charge in [0.25, 0.3) is 11.5 Å². The molecule has 19 heavy (non-hydrogen) atoms. The van der Waals surface area contributed by atoms with E-state index in [-0.39, 0.29) is 17.8 Å². The highest BCUT2D eigenvalue weighted by Gasteiger charge is 2.07. The molecule has 2 aromatic heterocycles. The maximum Gasteiger partial charge on any atom is 0.283 e. The van der Waals surface area contributed by atoms with Crippen molar-refractivity contribution in [2.24, 2.45) is 5.84 Å². The third-order valence-corrected chi connectivity index (χ3v) is 3.10. The van der Waals surface area contributed by atoms with E-state index in [1.807, 2.05) is 28.0 Å². The lowest BCUT2D eigenvalue weighted by molar-refractivity contribution is 0.0948. The number of halogens is 1. The molecule has 1 amide bonds. The molecule has 0 radical (unpaired) electrons. The number of hydrogen-bond donors (Lipinski definition) is 2. The molecule has 0 atom stereocenters. The molecular weight excluding hydrogens is 361 g/mol. The molecule has 0 unspecified atom stereocenters. The second-order valence-electron chi connectivity index (χ2n) is 3.66. The smallest absolute Gasteiger partial charge is 0.283 e. The van der Waals surface area contributed by atoms with Crippen molar-refractivity contribution in [2.45, 2.75) is 6.54 Å². The molecule has 3 N–H and O–H groups in total. The molecule has 2 heterocycles. The van der Waals surface area contributed by atoms with Gasteiger partial charge in [-0.15, -0.1) is 0 Å². The van der Waals surface area contributed by atoms with E-state index >= 15 is 0 Å². The largest absolute Gasteiger partial charge is 0.292 e. The molecule has 0 saturated carbocycles. The van der Waals surface area contributed by atoms with Gasteiger partial charge in [0, 0.05) is 6.20 Å². The Morgan fingerprint density at radius 3 is 3.00 bits per heavy atom. The first-order chi connectivity index (χ1) is 9.11. The van der Waals surface area contributed by atoms with E-state index in [2.05, 4.69) is 9.97 Å². The molecule has 8 heteroatoms. The summed E-state index contributed by atoms with van der Waals surface area (Å²) in [5.74, 6) is 4.57. The Morgan fingerprint density at radius 2 is 2.26 bits per heavy atom. The molecule has 2 aromatic rings. The van der Waals surface area contributed by atoms with E-state index in [4.69, 9.17) is 5.84 Å². The predicted molar refractivity (Wildman–Crippen MR) is 76.2 cm³/mol. The molecular formula is C11H10IN5O2. The van der Waals surface area contributed by atoms with E-state index in [1.165, 1.54) is 17.1 Å². The van der Waals surface area contributed by atoms with Gasteiger partial charge >= 0.3 is 0 Å². The number of nitrogens with two attached hydrogens (primary N) is 1.